The lowest BCUT2D eigenvalue weighted by atomic mass is 10.0. The number of nitrogens with zero attached hydrogens (tertiary/aromatic N) is 4. The van der Waals surface area contributed by atoms with Gasteiger partial charge in [0, 0.05) is 0 Å². The molecule has 0 bridgehead atoms. The van der Waals surface area contributed by atoms with E-state index in [1.54, 1.807) is 11.0 Å². The lowest BCUT2D eigenvalue weighted by Gasteiger charge is -2.34. The zero-order valence-corrected chi connectivity index (χ0v) is 15.6. The molecule has 1 aromatic heterocycles. The summed E-state index contributed by atoms with van der Waals surface area (Å²) in [6.45, 7) is 13.7. The van der Waals surface area contributed by atoms with Gasteiger partial charge >= 0.3 is 0 Å². The highest BCUT2D eigenvalue weighted by molar-refractivity contribution is 5.24. The first-order valence-corrected chi connectivity index (χ1v) is 9.13. The maximum atomic E-state index is 14.7. The van der Waals surface area contributed by atoms with E-state index in [0.717, 1.165) is 38.5 Å². The van der Waals surface area contributed by atoms with Crippen molar-refractivity contribution in [2.75, 3.05) is 32.7 Å². The van der Waals surface area contributed by atoms with Gasteiger partial charge in [0.15, 0.2) is 6.04 Å². The number of benzene rings is 1. The van der Waals surface area contributed by atoms with Crippen LogP contribution in [0.15, 0.2) is 24.3 Å². The molecule has 0 saturated carbocycles. The number of hydrogen-bond acceptors (Lipinski definition) is 3. The normalized spacial score (nSPS) is 22.8. The Morgan fingerprint density at radius 2 is 1.84 bits per heavy atom. The average molecular weight is 348 g/mol. The van der Waals surface area contributed by atoms with Gasteiger partial charge in [0.25, 0.3) is 0 Å². The van der Waals surface area contributed by atoms with E-state index in [1.807, 2.05) is 16.8 Å². The molecule has 0 radical (unpaired) electrons. The van der Waals surface area contributed by atoms with Crippen LogP contribution in [0.3, 0.4) is 0 Å². The first-order valence-electron chi connectivity index (χ1n) is 9.13. The van der Waals surface area contributed by atoms with E-state index in [0.29, 0.717) is 5.56 Å². The molecule has 1 aliphatic heterocycles. The summed E-state index contributed by atoms with van der Waals surface area (Å²) in [4.78, 5) is 2.94. The molecular weight excluding hydrogens is 319 g/mol. The van der Waals surface area contributed by atoms with Crippen molar-refractivity contribution in [3.05, 3.63) is 41.5 Å². The molecule has 0 spiro atoms. The molecule has 1 aliphatic rings. The molecule has 0 aliphatic carbocycles. The molecule has 2 heterocycles. The molecule has 1 fully saturated rings. The Labute approximate surface area is 148 Å². The first-order chi connectivity index (χ1) is 11.9. The number of nitrogens with one attached hydrogen (secondary N) is 2. The summed E-state index contributed by atoms with van der Waals surface area (Å²) in [6.07, 6.45) is 0. The molecule has 2 N–H and O–H groups in total. The van der Waals surface area contributed by atoms with E-state index < -0.39 is 0 Å². The summed E-state index contributed by atoms with van der Waals surface area (Å²) < 4.78 is 16.5. The van der Waals surface area contributed by atoms with Crippen molar-refractivity contribution in [1.82, 2.24) is 20.2 Å². The minimum atomic E-state index is -0.252. The Morgan fingerprint density at radius 3 is 2.44 bits per heavy atom. The van der Waals surface area contributed by atoms with Gasteiger partial charge in [0.05, 0.1) is 17.6 Å². The lowest BCUT2D eigenvalue weighted by Crippen LogP contribution is -3.28. The monoisotopic (exact) mass is 348 g/mol. The zero-order valence-electron chi connectivity index (χ0n) is 15.6. The highest BCUT2D eigenvalue weighted by atomic mass is 19.1. The second-order valence-electron chi connectivity index (χ2n) is 7.84. The Balaban J connectivity index is 2.02. The Kier molecular flexibility index (Phi) is 5.15. The van der Waals surface area contributed by atoms with Gasteiger partial charge in [0.2, 0.25) is 5.82 Å². The third-order valence-electron chi connectivity index (χ3n) is 5.11. The van der Waals surface area contributed by atoms with Crippen LogP contribution < -0.4 is 9.80 Å². The summed E-state index contributed by atoms with van der Waals surface area (Å²) in [6, 6.07) is 6.84. The third kappa shape index (κ3) is 3.72. The SMILES string of the molecule is CC[NH+]1CC[NH+]([C@H](c2ccccc2F)c2nnnn2C(C)(C)C)CC1. The van der Waals surface area contributed by atoms with E-state index in [2.05, 4.69) is 43.2 Å². The van der Waals surface area contributed by atoms with Crippen LogP contribution in [-0.4, -0.2) is 52.9 Å². The van der Waals surface area contributed by atoms with Crippen molar-refractivity contribution >= 4 is 0 Å². The molecule has 1 saturated heterocycles. The Bertz CT molecular complexity index is 700. The smallest absolute Gasteiger partial charge is 0.214 e. The second-order valence-corrected chi connectivity index (χ2v) is 7.84. The molecule has 3 rings (SSSR count). The maximum Gasteiger partial charge on any atom is 0.214 e. The summed E-state index contributed by atoms with van der Waals surface area (Å²) in [5.74, 6) is 0.557. The number of tetrazole rings is 1. The van der Waals surface area contributed by atoms with Crippen LogP contribution in [-0.2, 0) is 5.54 Å². The van der Waals surface area contributed by atoms with Crippen LogP contribution in [0.25, 0.3) is 0 Å². The van der Waals surface area contributed by atoms with E-state index in [4.69, 9.17) is 0 Å². The average Bonchev–Trinajstić information content (AvgIpc) is 3.07. The zero-order chi connectivity index (χ0) is 18.0. The fourth-order valence-corrected chi connectivity index (χ4v) is 3.67. The molecule has 2 aromatic rings. The van der Waals surface area contributed by atoms with Gasteiger partial charge in [-0.15, -0.1) is 5.10 Å². The van der Waals surface area contributed by atoms with Crippen molar-refractivity contribution in [2.45, 2.75) is 39.3 Å². The van der Waals surface area contributed by atoms with E-state index in [-0.39, 0.29) is 17.4 Å². The number of aromatic nitrogens is 4. The number of halogens is 1. The number of piperazine rings is 1. The maximum absolute atomic E-state index is 14.7. The van der Waals surface area contributed by atoms with Crippen molar-refractivity contribution in [1.29, 1.82) is 0 Å². The minimum Gasteiger partial charge on any atom is -0.326 e. The molecule has 25 heavy (non-hydrogen) atoms. The topological polar surface area (TPSA) is 52.5 Å². The molecule has 6 nitrogen and oxygen atoms in total. The van der Waals surface area contributed by atoms with Gasteiger partial charge in [-0.05, 0) is 50.3 Å². The van der Waals surface area contributed by atoms with Gasteiger partial charge in [0.1, 0.15) is 32.0 Å². The lowest BCUT2D eigenvalue weighted by molar-refractivity contribution is -1.02. The predicted molar refractivity (Wildman–Crippen MR) is 93.0 cm³/mol. The fraction of sp³-hybridized carbons (Fsp3) is 0.611. The highest BCUT2D eigenvalue weighted by Crippen LogP contribution is 2.23. The summed E-state index contributed by atoms with van der Waals surface area (Å²) in [7, 11) is 0. The van der Waals surface area contributed by atoms with E-state index >= 15 is 0 Å². The quantitative estimate of drug-likeness (QED) is 0.780. The van der Waals surface area contributed by atoms with Gasteiger partial charge in [-0.1, -0.05) is 12.1 Å². The van der Waals surface area contributed by atoms with Crippen LogP contribution in [0.4, 0.5) is 4.39 Å². The molecular formula is C18H29FN6+2. The predicted octanol–water partition coefficient (Wildman–Crippen LogP) is -0.540. The van der Waals surface area contributed by atoms with Crippen molar-refractivity contribution in [2.24, 2.45) is 0 Å². The van der Waals surface area contributed by atoms with Gasteiger partial charge in [-0.2, -0.15) is 0 Å². The van der Waals surface area contributed by atoms with Crippen LogP contribution in [0.5, 0.6) is 0 Å². The number of likely N-dealkylation sites (N-methyl/N-ethyl adjacent to an activating group) is 1. The number of quaternary nitrogens is 2. The number of hydrogen-bond donors (Lipinski definition) is 2. The highest BCUT2D eigenvalue weighted by Gasteiger charge is 2.38. The van der Waals surface area contributed by atoms with Crippen LogP contribution in [0, 0.1) is 5.82 Å². The fourth-order valence-electron chi connectivity index (χ4n) is 3.67. The Morgan fingerprint density at radius 1 is 1.16 bits per heavy atom. The summed E-state index contributed by atoms with van der Waals surface area (Å²) in [5, 5.41) is 12.4. The van der Waals surface area contributed by atoms with Gasteiger partial charge < -0.3 is 9.80 Å². The second kappa shape index (κ2) is 7.17. The van der Waals surface area contributed by atoms with Crippen molar-refractivity contribution in [3.63, 3.8) is 0 Å². The van der Waals surface area contributed by atoms with Gasteiger partial charge in [-0.25, -0.2) is 9.07 Å². The number of rotatable bonds is 4. The minimum absolute atomic E-state index is 0.186. The largest absolute Gasteiger partial charge is 0.326 e. The first kappa shape index (κ1) is 17.9. The van der Waals surface area contributed by atoms with Gasteiger partial charge in [-0.3, -0.25) is 0 Å². The summed E-state index contributed by atoms with van der Waals surface area (Å²) in [5.41, 5.74) is 0.427. The van der Waals surface area contributed by atoms with E-state index in [1.165, 1.54) is 11.0 Å². The van der Waals surface area contributed by atoms with E-state index in [9.17, 15) is 4.39 Å². The van der Waals surface area contributed by atoms with Crippen LogP contribution >= 0.6 is 0 Å². The molecule has 1 aromatic carbocycles. The molecule has 0 unspecified atom stereocenters. The molecule has 0 amide bonds. The van der Waals surface area contributed by atoms with Crippen molar-refractivity contribution < 1.29 is 14.2 Å². The van der Waals surface area contributed by atoms with Crippen LogP contribution in [0.1, 0.15) is 45.1 Å². The Hall–Kier alpha value is -1.86. The molecule has 136 valence electrons. The molecule has 1 atom stereocenters. The molecule has 7 heteroatoms. The summed E-state index contributed by atoms with van der Waals surface area (Å²) >= 11 is 0. The third-order valence-corrected chi connectivity index (χ3v) is 5.11. The standard InChI is InChI=1S/C18H27FN6/c1-5-23-10-12-24(13-11-23)16(14-8-6-7-9-15(14)19)17-20-21-22-25(17)18(2,3)4/h6-9,16H,5,10-13H2,1-4H3/p+2/t16-/m1/s1. The van der Waals surface area contributed by atoms with Crippen LogP contribution in [0.2, 0.25) is 0 Å². The van der Waals surface area contributed by atoms with Crippen molar-refractivity contribution in [3.8, 4) is 0 Å².